The second kappa shape index (κ2) is 8.39. The van der Waals surface area contributed by atoms with E-state index in [-0.39, 0.29) is 5.91 Å². The third-order valence-corrected chi connectivity index (χ3v) is 4.84. The van der Waals surface area contributed by atoms with Crippen molar-refractivity contribution >= 4 is 39.7 Å². The van der Waals surface area contributed by atoms with Gasteiger partial charge in [0.1, 0.15) is 9.88 Å². The first-order valence-electron chi connectivity index (χ1n) is 6.64. The maximum Gasteiger partial charge on any atom is 0.263 e. The van der Waals surface area contributed by atoms with Crippen molar-refractivity contribution in [3.63, 3.8) is 0 Å². The smallest absolute Gasteiger partial charge is 0.263 e. The molecular weight excluding hydrogens is 292 g/mol. The lowest BCUT2D eigenvalue weighted by molar-refractivity contribution is 0.0960. The molecule has 0 atom stereocenters. The number of nitrogen functional groups attached to an aromatic ring is 1. The van der Waals surface area contributed by atoms with Crippen LogP contribution in [0.1, 0.15) is 23.0 Å². The number of carbonyl (C=O) groups excluding carboxylic acids is 1. The molecule has 1 heterocycles. The van der Waals surface area contributed by atoms with Crippen LogP contribution in [0.2, 0.25) is 0 Å². The lowest BCUT2D eigenvalue weighted by atomic mass is 10.3. The van der Waals surface area contributed by atoms with Gasteiger partial charge in [-0.05, 0) is 40.2 Å². The van der Waals surface area contributed by atoms with Gasteiger partial charge in [-0.25, -0.2) is 0 Å². The van der Waals surface area contributed by atoms with Crippen molar-refractivity contribution < 1.29 is 4.79 Å². The van der Waals surface area contributed by atoms with E-state index in [0.29, 0.717) is 17.1 Å². The number of carbonyl (C=O) groups is 1. The molecule has 1 amide bonds. The molecule has 0 aliphatic rings. The summed E-state index contributed by atoms with van der Waals surface area (Å²) in [5, 5.41) is 7.18. The Bertz CT molecular complexity index is 446. The van der Waals surface area contributed by atoms with Gasteiger partial charge in [-0.3, -0.25) is 4.79 Å². The number of anilines is 2. The summed E-state index contributed by atoms with van der Waals surface area (Å²) in [7, 11) is 4.12. The van der Waals surface area contributed by atoms with E-state index in [9.17, 15) is 4.79 Å². The van der Waals surface area contributed by atoms with Gasteiger partial charge in [0.15, 0.2) is 0 Å². The Balaban J connectivity index is 2.75. The van der Waals surface area contributed by atoms with E-state index in [1.807, 2.05) is 13.2 Å². The van der Waals surface area contributed by atoms with Crippen molar-refractivity contribution in [2.75, 3.05) is 51.0 Å². The monoisotopic (exact) mass is 316 g/mol. The first-order chi connectivity index (χ1) is 9.51. The fourth-order valence-corrected chi connectivity index (χ4v) is 3.73. The van der Waals surface area contributed by atoms with Crippen LogP contribution in [0.25, 0.3) is 0 Å². The molecule has 114 valence electrons. The summed E-state index contributed by atoms with van der Waals surface area (Å²) in [4.78, 5) is 15.7. The molecule has 0 saturated carbocycles. The molecule has 20 heavy (non-hydrogen) atoms. The molecule has 4 N–H and O–H groups in total. The third kappa shape index (κ3) is 4.57. The first kappa shape index (κ1) is 17.1. The molecule has 0 radical (unpaired) electrons. The summed E-state index contributed by atoms with van der Waals surface area (Å²) < 4.78 is 0. The number of nitrogens with one attached hydrogen (secondary N) is 2. The van der Waals surface area contributed by atoms with E-state index in [1.165, 1.54) is 11.3 Å². The second-order valence-electron chi connectivity index (χ2n) is 4.65. The van der Waals surface area contributed by atoms with Crippen molar-refractivity contribution in [3.8, 4) is 0 Å². The fraction of sp³-hybridized carbons (Fsp3) is 0.615. The SMILES string of the molecule is CCNC(=O)c1sc(NCCCN(C)C)c(SC)c1N. The van der Waals surface area contributed by atoms with Crippen LogP contribution >= 0.6 is 23.1 Å². The average Bonchev–Trinajstić information content (AvgIpc) is 2.71. The van der Waals surface area contributed by atoms with Crippen LogP contribution in [-0.4, -0.2) is 50.8 Å². The van der Waals surface area contributed by atoms with Crippen LogP contribution in [-0.2, 0) is 0 Å². The van der Waals surface area contributed by atoms with Gasteiger partial charge in [0, 0.05) is 13.1 Å². The third-order valence-electron chi connectivity index (χ3n) is 2.71. The number of hydrogen-bond acceptors (Lipinski definition) is 6. The Kier molecular flexibility index (Phi) is 7.18. The molecule has 1 rings (SSSR count). The Hall–Kier alpha value is -0.920. The predicted molar refractivity (Wildman–Crippen MR) is 90.2 cm³/mol. The van der Waals surface area contributed by atoms with Crippen molar-refractivity contribution in [2.24, 2.45) is 0 Å². The molecule has 0 fully saturated rings. The zero-order valence-electron chi connectivity index (χ0n) is 12.6. The predicted octanol–water partition coefficient (Wildman–Crippen LogP) is 2.17. The number of thioether (sulfide) groups is 1. The van der Waals surface area contributed by atoms with Gasteiger partial charge in [-0.15, -0.1) is 23.1 Å². The number of amides is 1. The molecule has 0 saturated heterocycles. The number of nitrogens with two attached hydrogens (primary N) is 1. The minimum absolute atomic E-state index is 0.0911. The van der Waals surface area contributed by atoms with Crippen LogP contribution in [0.4, 0.5) is 10.7 Å². The highest BCUT2D eigenvalue weighted by atomic mass is 32.2. The molecular formula is C13H24N4OS2. The molecule has 0 aliphatic carbocycles. The van der Waals surface area contributed by atoms with Gasteiger partial charge in [0.05, 0.1) is 10.6 Å². The number of rotatable bonds is 8. The Morgan fingerprint density at radius 3 is 2.70 bits per heavy atom. The van der Waals surface area contributed by atoms with E-state index in [1.54, 1.807) is 11.8 Å². The van der Waals surface area contributed by atoms with Crippen LogP contribution in [0, 0.1) is 0 Å². The zero-order valence-corrected chi connectivity index (χ0v) is 14.2. The van der Waals surface area contributed by atoms with Gasteiger partial charge >= 0.3 is 0 Å². The maximum absolute atomic E-state index is 11.9. The van der Waals surface area contributed by atoms with E-state index in [4.69, 9.17) is 5.73 Å². The summed E-state index contributed by atoms with van der Waals surface area (Å²) in [6.45, 7) is 4.42. The van der Waals surface area contributed by atoms with Crippen LogP contribution in [0.15, 0.2) is 4.90 Å². The maximum atomic E-state index is 11.9. The number of nitrogens with zero attached hydrogens (tertiary/aromatic N) is 1. The lowest BCUT2D eigenvalue weighted by Gasteiger charge is -2.10. The Morgan fingerprint density at radius 1 is 1.45 bits per heavy atom. The topological polar surface area (TPSA) is 70.4 Å². The Labute approximate surface area is 129 Å². The molecule has 0 bridgehead atoms. The van der Waals surface area contributed by atoms with Gasteiger partial charge in [-0.1, -0.05) is 0 Å². The summed E-state index contributed by atoms with van der Waals surface area (Å²) >= 11 is 3.01. The van der Waals surface area contributed by atoms with Gasteiger partial charge in [-0.2, -0.15) is 0 Å². The summed E-state index contributed by atoms with van der Waals surface area (Å²) in [5.74, 6) is -0.0911. The molecule has 0 aromatic carbocycles. The normalized spacial score (nSPS) is 10.8. The number of hydrogen-bond donors (Lipinski definition) is 3. The van der Waals surface area contributed by atoms with Gasteiger partial charge in [0.2, 0.25) is 0 Å². The average molecular weight is 316 g/mol. The highest BCUT2D eigenvalue weighted by molar-refractivity contribution is 7.99. The van der Waals surface area contributed by atoms with Crippen molar-refractivity contribution in [2.45, 2.75) is 18.2 Å². The van der Waals surface area contributed by atoms with Crippen molar-refractivity contribution in [1.29, 1.82) is 0 Å². The molecule has 1 aromatic heterocycles. The summed E-state index contributed by atoms with van der Waals surface area (Å²) in [6, 6.07) is 0. The molecule has 0 spiro atoms. The van der Waals surface area contributed by atoms with Crippen molar-refractivity contribution in [3.05, 3.63) is 4.88 Å². The zero-order chi connectivity index (χ0) is 15.1. The first-order valence-corrected chi connectivity index (χ1v) is 8.68. The molecule has 0 unspecified atom stereocenters. The van der Waals surface area contributed by atoms with E-state index in [2.05, 4.69) is 29.6 Å². The molecule has 7 heteroatoms. The standard InChI is InChI=1S/C13H24N4OS2/c1-5-15-12(18)10-9(14)11(19-4)13(20-10)16-7-6-8-17(2)3/h16H,5-8,14H2,1-4H3,(H,15,18). The molecule has 5 nitrogen and oxygen atoms in total. The van der Waals surface area contributed by atoms with Crippen LogP contribution < -0.4 is 16.4 Å². The molecule has 1 aromatic rings. The van der Waals surface area contributed by atoms with Crippen LogP contribution in [0.3, 0.4) is 0 Å². The lowest BCUT2D eigenvalue weighted by Crippen LogP contribution is -2.22. The quantitative estimate of drug-likeness (QED) is 0.506. The second-order valence-corrected chi connectivity index (χ2v) is 6.49. The van der Waals surface area contributed by atoms with E-state index in [0.717, 1.165) is 29.4 Å². The highest BCUT2D eigenvalue weighted by Crippen LogP contribution is 2.41. The van der Waals surface area contributed by atoms with Gasteiger partial charge in [0.25, 0.3) is 5.91 Å². The molecule has 0 aliphatic heterocycles. The van der Waals surface area contributed by atoms with Gasteiger partial charge < -0.3 is 21.3 Å². The minimum atomic E-state index is -0.0911. The minimum Gasteiger partial charge on any atom is -0.396 e. The summed E-state index contributed by atoms with van der Waals surface area (Å²) in [5.41, 5.74) is 6.67. The fourth-order valence-electron chi connectivity index (χ4n) is 1.75. The highest BCUT2D eigenvalue weighted by Gasteiger charge is 2.19. The van der Waals surface area contributed by atoms with E-state index < -0.39 is 0 Å². The largest absolute Gasteiger partial charge is 0.396 e. The van der Waals surface area contributed by atoms with Crippen LogP contribution in [0.5, 0.6) is 0 Å². The summed E-state index contributed by atoms with van der Waals surface area (Å²) in [6.07, 6.45) is 3.03. The van der Waals surface area contributed by atoms with E-state index >= 15 is 0 Å². The number of thiophene rings is 1. The Morgan fingerprint density at radius 2 is 2.15 bits per heavy atom. The van der Waals surface area contributed by atoms with Crippen molar-refractivity contribution in [1.82, 2.24) is 10.2 Å².